The molecular weight excluding hydrogens is 511 g/mol. The number of para-hydroxylation sites is 2. The van der Waals surface area contributed by atoms with Crippen molar-refractivity contribution < 1.29 is 6.15 Å². The first-order valence-electron chi connectivity index (χ1n) is 13.6. The van der Waals surface area contributed by atoms with Gasteiger partial charge in [-0.15, -0.1) is 0 Å². The van der Waals surface area contributed by atoms with Gasteiger partial charge in [-0.05, 0) is 0 Å². The van der Waals surface area contributed by atoms with E-state index >= 15 is 0 Å². The number of unbranched alkanes of at least 4 members (excludes halogenated alkanes) is 10. The van der Waals surface area contributed by atoms with Gasteiger partial charge in [0.2, 0.25) is 0 Å². The van der Waals surface area contributed by atoms with E-state index in [9.17, 15) is 0 Å². The molecule has 3 heteroatoms. The van der Waals surface area contributed by atoms with E-state index in [2.05, 4.69) is 76.2 Å². The van der Waals surface area contributed by atoms with Gasteiger partial charge in [-0.1, -0.05) is 0 Å². The fourth-order valence-corrected chi connectivity index (χ4v) is 14.5. The van der Waals surface area contributed by atoms with E-state index in [1.807, 2.05) is 0 Å². The first-order chi connectivity index (χ1) is 16.1. The monoisotopic (exact) mass is 560 g/mol. The van der Waals surface area contributed by atoms with Gasteiger partial charge in [0.05, 0.1) is 0 Å². The van der Waals surface area contributed by atoms with Crippen molar-refractivity contribution in [3.63, 3.8) is 0 Å². The van der Waals surface area contributed by atoms with E-state index in [4.69, 9.17) is 6.15 Å². The molecule has 0 aliphatic carbocycles. The molecule has 0 aromatic heterocycles. The third-order valence-electron chi connectivity index (χ3n) is 6.60. The second-order valence-electron chi connectivity index (χ2n) is 9.68. The molecule has 0 unspecified atom stereocenters. The number of aryl methyl sites for hydroxylation is 2. The van der Waals surface area contributed by atoms with Crippen LogP contribution in [-0.4, -0.2) is 19.2 Å². The van der Waals surface area contributed by atoms with Gasteiger partial charge >= 0.3 is 210 Å². The molecule has 0 aliphatic rings. The molecule has 0 heterocycles. The van der Waals surface area contributed by atoms with Crippen LogP contribution in [0.15, 0.2) is 48.5 Å². The van der Waals surface area contributed by atoms with E-state index < -0.39 is 19.2 Å². The van der Waals surface area contributed by atoms with Crippen LogP contribution in [0.5, 0.6) is 11.5 Å². The van der Waals surface area contributed by atoms with E-state index in [1.165, 1.54) is 88.2 Å². The van der Waals surface area contributed by atoms with E-state index in [0.717, 1.165) is 20.4 Å². The third-order valence-corrected chi connectivity index (χ3v) is 16.3. The van der Waals surface area contributed by atoms with Crippen molar-refractivity contribution in [2.45, 2.75) is 114 Å². The van der Waals surface area contributed by atoms with E-state index in [1.54, 1.807) is 0 Å². The summed E-state index contributed by atoms with van der Waals surface area (Å²) in [5, 5.41) is 0. The molecule has 0 N–H and O–H groups in total. The average Bonchev–Trinajstić information content (AvgIpc) is 2.81. The fourth-order valence-electron chi connectivity index (χ4n) is 4.44. The standard InChI is InChI=1S/2C8H17.2C7H8O.Sn/c2*1-3-5-7-8-6-4-2;2*1-6-4-2-3-5-7(6)8;/h2*1,3-8H2,2H3;2*2-5,8H,1H3;/q;;;;+2/p-2. The molecule has 0 spiro atoms. The molecule has 33 heavy (non-hydrogen) atoms. The minimum absolute atomic E-state index is 1.04. The first-order valence-corrected chi connectivity index (χ1v) is 20.0. The molecular formula is C30H48O2Sn. The Labute approximate surface area is 209 Å². The Morgan fingerprint density at radius 3 is 1.27 bits per heavy atom. The Balaban J connectivity index is 2.19. The molecule has 0 amide bonds. The summed E-state index contributed by atoms with van der Waals surface area (Å²) < 4.78 is 16.3. The third kappa shape index (κ3) is 10.8. The Bertz CT molecular complexity index is 708. The van der Waals surface area contributed by atoms with E-state index in [-0.39, 0.29) is 0 Å². The quantitative estimate of drug-likeness (QED) is 0.134. The van der Waals surface area contributed by atoms with Crippen LogP contribution in [0.2, 0.25) is 8.87 Å². The molecule has 184 valence electrons. The van der Waals surface area contributed by atoms with Crippen LogP contribution in [-0.2, 0) is 0 Å². The maximum atomic E-state index is 7.04. The van der Waals surface area contributed by atoms with Crippen LogP contribution in [0.3, 0.4) is 0 Å². The van der Waals surface area contributed by atoms with Gasteiger partial charge in [0.15, 0.2) is 0 Å². The molecule has 0 saturated heterocycles. The van der Waals surface area contributed by atoms with Gasteiger partial charge in [-0.25, -0.2) is 0 Å². The van der Waals surface area contributed by atoms with Gasteiger partial charge in [0.1, 0.15) is 0 Å². The average molecular weight is 559 g/mol. The molecule has 2 rings (SSSR count). The van der Waals surface area contributed by atoms with Crippen LogP contribution in [0, 0.1) is 13.8 Å². The molecule has 0 bridgehead atoms. The van der Waals surface area contributed by atoms with Crippen LogP contribution in [0.4, 0.5) is 0 Å². The maximum absolute atomic E-state index is 7.04. The summed E-state index contributed by atoms with van der Waals surface area (Å²) in [5.74, 6) is 2.08. The minimum atomic E-state index is -3.43. The number of hydrogen-bond acceptors (Lipinski definition) is 2. The zero-order valence-electron chi connectivity index (χ0n) is 21.8. The first kappa shape index (κ1) is 28.1. The van der Waals surface area contributed by atoms with Crippen molar-refractivity contribution in [3.8, 4) is 11.5 Å². The molecule has 0 aliphatic heterocycles. The Kier molecular flexibility index (Phi) is 14.0. The molecule has 0 radical (unpaired) electrons. The molecule has 0 saturated carbocycles. The topological polar surface area (TPSA) is 18.5 Å². The number of rotatable bonds is 18. The van der Waals surface area contributed by atoms with Gasteiger partial charge in [-0.2, -0.15) is 0 Å². The summed E-state index contributed by atoms with van der Waals surface area (Å²) in [6.07, 6.45) is 15.7. The van der Waals surface area contributed by atoms with Crippen LogP contribution in [0.1, 0.15) is 102 Å². The predicted octanol–water partition coefficient (Wildman–Crippen LogP) is 9.92. The van der Waals surface area contributed by atoms with Gasteiger partial charge in [0.25, 0.3) is 0 Å². The van der Waals surface area contributed by atoms with Crippen molar-refractivity contribution in [2.24, 2.45) is 0 Å². The SMILES string of the molecule is CCCCCCC[CH2][Sn]([CH2]CCCCCCC)([O]c1ccccc1C)[O]c1ccccc1C. The van der Waals surface area contributed by atoms with Crippen molar-refractivity contribution in [2.75, 3.05) is 0 Å². The zero-order valence-corrected chi connectivity index (χ0v) is 24.7. The van der Waals surface area contributed by atoms with E-state index in [0.29, 0.717) is 0 Å². The Morgan fingerprint density at radius 1 is 0.515 bits per heavy atom. The predicted molar refractivity (Wildman–Crippen MR) is 146 cm³/mol. The molecule has 2 aromatic rings. The number of hydrogen-bond donors (Lipinski definition) is 0. The van der Waals surface area contributed by atoms with Crippen molar-refractivity contribution in [1.29, 1.82) is 0 Å². The molecule has 0 atom stereocenters. The second-order valence-corrected chi connectivity index (χ2v) is 18.9. The molecule has 2 aromatic carbocycles. The summed E-state index contributed by atoms with van der Waals surface area (Å²) in [6.45, 7) is 8.90. The van der Waals surface area contributed by atoms with Crippen LogP contribution < -0.4 is 6.15 Å². The number of benzene rings is 2. The summed E-state index contributed by atoms with van der Waals surface area (Å²) in [6, 6.07) is 17.0. The Hall–Kier alpha value is -1.16. The second kappa shape index (κ2) is 16.5. The Morgan fingerprint density at radius 2 is 0.879 bits per heavy atom. The molecule has 2 nitrogen and oxygen atoms in total. The van der Waals surface area contributed by atoms with Crippen molar-refractivity contribution in [1.82, 2.24) is 0 Å². The fraction of sp³-hybridized carbons (Fsp3) is 0.600. The summed E-state index contributed by atoms with van der Waals surface area (Å²) in [5.41, 5.74) is 2.44. The summed E-state index contributed by atoms with van der Waals surface area (Å²) in [7, 11) is 0. The van der Waals surface area contributed by atoms with Gasteiger partial charge in [-0.3, -0.25) is 0 Å². The van der Waals surface area contributed by atoms with Gasteiger partial charge in [0, 0.05) is 0 Å². The normalized spacial score (nSPS) is 11.5. The van der Waals surface area contributed by atoms with Gasteiger partial charge < -0.3 is 0 Å². The van der Waals surface area contributed by atoms with Crippen molar-refractivity contribution in [3.05, 3.63) is 59.7 Å². The van der Waals surface area contributed by atoms with Crippen molar-refractivity contribution >= 4 is 19.2 Å². The molecule has 0 fully saturated rings. The zero-order chi connectivity index (χ0) is 23.8. The van der Waals surface area contributed by atoms with Crippen LogP contribution >= 0.6 is 0 Å². The summed E-state index contributed by atoms with van der Waals surface area (Å²) >= 11 is -3.43. The summed E-state index contributed by atoms with van der Waals surface area (Å²) in [4.78, 5) is 0. The van der Waals surface area contributed by atoms with Crippen LogP contribution in [0.25, 0.3) is 0 Å².